The van der Waals surface area contributed by atoms with E-state index in [1.807, 2.05) is 6.07 Å². The Morgan fingerprint density at radius 1 is 0.882 bits per heavy atom. The molecule has 0 aliphatic heterocycles. The maximum Gasteiger partial charge on any atom is 0.303 e. The Morgan fingerprint density at radius 3 is 2.29 bits per heavy atom. The summed E-state index contributed by atoms with van der Waals surface area (Å²) < 4.78 is 11.7. The number of rotatable bonds is 3. The van der Waals surface area contributed by atoms with Crippen molar-refractivity contribution in [2.75, 3.05) is 0 Å². The molecule has 4 nitrogen and oxygen atoms in total. The highest BCUT2D eigenvalue weighted by Crippen LogP contribution is 2.67. The zero-order chi connectivity index (χ0) is 24.1. The summed E-state index contributed by atoms with van der Waals surface area (Å²) in [5.41, 5.74) is 2.80. The number of carbonyl (C=O) groups excluding carboxylic acids is 2. The fourth-order valence-corrected chi connectivity index (χ4v) is 8.74. The van der Waals surface area contributed by atoms with Gasteiger partial charge in [-0.05, 0) is 91.6 Å². The predicted octanol–water partition coefficient (Wildman–Crippen LogP) is 6.59. The second-order valence-corrected chi connectivity index (χ2v) is 12.0. The number of carbonyl (C=O) groups is 2. The van der Waals surface area contributed by atoms with Crippen LogP contribution in [-0.4, -0.2) is 24.1 Å². The minimum atomic E-state index is -0.183. The Bertz CT molecular complexity index is 967. The van der Waals surface area contributed by atoms with E-state index < -0.39 is 0 Å². The molecule has 4 aliphatic carbocycles. The second-order valence-electron chi connectivity index (χ2n) is 12.0. The van der Waals surface area contributed by atoms with Gasteiger partial charge in [-0.1, -0.05) is 50.3 Å². The Hall–Kier alpha value is -2.10. The molecule has 4 heteroatoms. The summed E-state index contributed by atoms with van der Waals surface area (Å²) in [5.74, 6) is 2.28. The van der Waals surface area contributed by atoms with E-state index in [9.17, 15) is 9.59 Å². The van der Waals surface area contributed by atoms with Gasteiger partial charge < -0.3 is 9.47 Å². The van der Waals surface area contributed by atoms with Crippen LogP contribution in [0.15, 0.2) is 35.9 Å². The Labute approximate surface area is 204 Å². The van der Waals surface area contributed by atoms with Crippen molar-refractivity contribution >= 4 is 18.0 Å². The molecule has 1 aromatic carbocycles. The lowest BCUT2D eigenvalue weighted by Gasteiger charge is -2.61. The zero-order valence-electron chi connectivity index (χ0n) is 21.2. The molecule has 5 rings (SSSR count). The SMILES string of the molecule is CC(=O)O[C@H]1C[C@@H]2CC[C@@H]3[C@H](CC[C@]4(C)[C@H](OC(C)=O)CC[C@@H]34)[C@@]2(C)C/C1=C\c1ccccc1. The third kappa shape index (κ3) is 4.01. The molecule has 4 saturated carbocycles. The maximum absolute atomic E-state index is 12.0. The monoisotopic (exact) mass is 464 g/mol. The zero-order valence-corrected chi connectivity index (χ0v) is 21.2. The average molecular weight is 465 g/mol. The van der Waals surface area contributed by atoms with Crippen molar-refractivity contribution in [2.45, 2.75) is 91.3 Å². The number of fused-ring (bicyclic) bond motifs is 5. The molecular weight excluding hydrogens is 424 g/mol. The Kier molecular flexibility index (Phi) is 6.14. The van der Waals surface area contributed by atoms with Gasteiger partial charge in [-0.15, -0.1) is 0 Å². The van der Waals surface area contributed by atoms with Crippen molar-refractivity contribution in [1.82, 2.24) is 0 Å². The van der Waals surface area contributed by atoms with Crippen LogP contribution in [-0.2, 0) is 19.1 Å². The molecule has 0 N–H and O–H groups in total. The van der Waals surface area contributed by atoms with E-state index in [1.54, 1.807) is 6.92 Å². The van der Waals surface area contributed by atoms with E-state index in [1.165, 1.54) is 43.7 Å². The molecule has 0 heterocycles. The van der Waals surface area contributed by atoms with Crippen LogP contribution in [0.5, 0.6) is 0 Å². The van der Waals surface area contributed by atoms with Crippen molar-refractivity contribution in [2.24, 2.45) is 34.5 Å². The highest BCUT2D eigenvalue weighted by Gasteiger charge is 2.61. The van der Waals surface area contributed by atoms with Crippen LogP contribution in [0.1, 0.15) is 84.6 Å². The van der Waals surface area contributed by atoms with E-state index >= 15 is 0 Å². The van der Waals surface area contributed by atoms with Gasteiger partial charge >= 0.3 is 11.9 Å². The molecule has 34 heavy (non-hydrogen) atoms. The second kappa shape index (κ2) is 8.84. The predicted molar refractivity (Wildman–Crippen MR) is 133 cm³/mol. The number of benzene rings is 1. The smallest absolute Gasteiger partial charge is 0.303 e. The van der Waals surface area contributed by atoms with Crippen LogP contribution in [0, 0.1) is 34.5 Å². The molecule has 8 atom stereocenters. The maximum atomic E-state index is 12.0. The van der Waals surface area contributed by atoms with Crippen LogP contribution in [0.2, 0.25) is 0 Å². The molecule has 0 bridgehead atoms. The molecule has 0 radical (unpaired) electrons. The highest BCUT2D eigenvalue weighted by molar-refractivity contribution is 5.67. The molecule has 1 aromatic rings. The third-order valence-electron chi connectivity index (χ3n) is 10.2. The van der Waals surface area contributed by atoms with Gasteiger partial charge in [-0.2, -0.15) is 0 Å². The molecular formula is C30H40O4. The number of hydrogen-bond acceptors (Lipinski definition) is 4. The lowest BCUT2D eigenvalue weighted by Crippen LogP contribution is -2.55. The molecule has 0 unspecified atom stereocenters. The number of esters is 2. The van der Waals surface area contributed by atoms with Gasteiger partial charge in [-0.25, -0.2) is 0 Å². The van der Waals surface area contributed by atoms with Crippen molar-refractivity contribution in [3.05, 3.63) is 41.5 Å². The van der Waals surface area contributed by atoms with Crippen LogP contribution in [0.25, 0.3) is 6.08 Å². The van der Waals surface area contributed by atoms with Crippen LogP contribution in [0.4, 0.5) is 0 Å². The summed E-state index contributed by atoms with van der Waals surface area (Å²) in [6.07, 6.45) is 11.2. The first kappa shape index (κ1) is 23.6. The average Bonchev–Trinajstić information content (AvgIpc) is 3.10. The molecule has 0 amide bonds. The molecule has 184 valence electrons. The molecule has 0 spiro atoms. The minimum Gasteiger partial charge on any atom is -0.462 e. The van der Waals surface area contributed by atoms with Gasteiger partial charge in [0.25, 0.3) is 0 Å². The summed E-state index contributed by atoms with van der Waals surface area (Å²) in [6, 6.07) is 10.4. The molecule has 0 saturated heterocycles. The lowest BCUT2D eigenvalue weighted by atomic mass is 9.44. The van der Waals surface area contributed by atoms with Crippen LogP contribution < -0.4 is 0 Å². The van der Waals surface area contributed by atoms with Crippen molar-refractivity contribution in [1.29, 1.82) is 0 Å². The largest absolute Gasteiger partial charge is 0.462 e. The van der Waals surface area contributed by atoms with Crippen molar-refractivity contribution in [3.63, 3.8) is 0 Å². The van der Waals surface area contributed by atoms with Crippen LogP contribution in [0.3, 0.4) is 0 Å². The van der Waals surface area contributed by atoms with E-state index in [0.29, 0.717) is 23.7 Å². The topological polar surface area (TPSA) is 52.6 Å². The first-order valence-electron chi connectivity index (χ1n) is 13.3. The highest BCUT2D eigenvalue weighted by atomic mass is 16.5. The lowest BCUT2D eigenvalue weighted by molar-refractivity contribution is -0.163. The van der Waals surface area contributed by atoms with Gasteiger partial charge in [0.15, 0.2) is 0 Å². The summed E-state index contributed by atoms with van der Waals surface area (Å²) in [7, 11) is 0. The first-order chi connectivity index (χ1) is 16.2. The Morgan fingerprint density at radius 2 is 1.59 bits per heavy atom. The third-order valence-corrected chi connectivity index (χ3v) is 10.2. The minimum absolute atomic E-state index is 0.0784. The van der Waals surface area contributed by atoms with Gasteiger partial charge in [0, 0.05) is 19.3 Å². The van der Waals surface area contributed by atoms with Gasteiger partial charge in [-0.3, -0.25) is 9.59 Å². The summed E-state index contributed by atoms with van der Waals surface area (Å²) in [6.45, 7) is 8.00. The fourth-order valence-electron chi connectivity index (χ4n) is 8.74. The molecule has 0 aromatic heterocycles. The Balaban J connectivity index is 1.44. The van der Waals surface area contributed by atoms with Crippen molar-refractivity contribution < 1.29 is 19.1 Å². The number of hydrogen-bond donors (Lipinski definition) is 0. The summed E-state index contributed by atoms with van der Waals surface area (Å²) in [5, 5.41) is 0. The normalized spacial score (nSPS) is 42.3. The van der Waals surface area contributed by atoms with E-state index in [-0.39, 0.29) is 35.0 Å². The standard InChI is InChI=1S/C30H40O4/c1-19(31)33-27-17-23-10-11-24-25-12-13-28(34-20(2)32)29(25,3)15-14-26(24)30(23,4)18-22(27)16-21-8-6-5-7-9-21/h5-9,16,23-28H,10-15,17-18H2,1-4H3/b22-16+/t23-,24-,25-,26-,27-,28+,29-,30-/m0/s1. The summed E-state index contributed by atoms with van der Waals surface area (Å²) >= 11 is 0. The van der Waals surface area contributed by atoms with Crippen molar-refractivity contribution in [3.8, 4) is 0 Å². The molecule has 4 aliphatic rings. The number of ether oxygens (including phenoxy) is 2. The van der Waals surface area contributed by atoms with Gasteiger partial charge in [0.1, 0.15) is 12.2 Å². The van der Waals surface area contributed by atoms with Gasteiger partial charge in [0.05, 0.1) is 0 Å². The van der Waals surface area contributed by atoms with E-state index in [4.69, 9.17) is 9.47 Å². The summed E-state index contributed by atoms with van der Waals surface area (Å²) in [4.78, 5) is 23.7. The van der Waals surface area contributed by atoms with E-state index in [0.717, 1.165) is 25.7 Å². The molecule has 4 fully saturated rings. The first-order valence-corrected chi connectivity index (χ1v) is 13.3. The van der Waals surface area contributed by atoms with Crippen LogP contribution >= 0.6 is 0 Å². The quantitative estimate of drug-likeness (QED) is 0.474. The van der Waals surface area contributed by atoms with E-state index in [2.05, 4.69) is 44.2 Å². The fraction of sp³-hybridized carbons (Fsp3) is 0.667. The van der Waals surface area contributed by atoms with Gasteiger partial charge in [0.2, 0.25) is 0 Å².